The zero-order valence-corrected chi connectivity index (χ0v) is 13.2. The molecular formula is C14H23BrN2O. The maximum Gasteiger partial charge on any atom is 0.0736 e. The van der Waals surface area contributed by atoms with Crippen molar-refractivity contribution in [3.05, 3.63) is 34.3 Å². The number of nitrogens with zero attached hydrogens (tertiary/aromatic N) is 1. The molecule has 0 amide bonds. The van der Waals surface area contributed by atoms with Crippen LogP contribution in [0, 0.1) is 0 Å². The van der Waals surface area contributed by atoms with Gasteiger partial charge in [0.15, 0.2) is 0 Å². The van der Waals surface area contributed by atoms with Gasteiger partial charge in [0.05, 0.1) is 11.6 Å². The first kappa shape index (κ1) is 15.6. The second kappa shape index (κ2) is 6.66. The van der Waals surface area contributed by atoms with Gasteiger partial charge < -0.3 is 10.5 Å². The number of rotatable bonds is 6. The molecule has 0 spiro atoms. The molecule has 0 aromatic heterocycles. The van der Waals surface area contributed by atoms with Gasteiger partial charge in [0.1, 0.15) is 0 Å². The predicted molar refractivity (Wildman–Crippen MR) is 79.5 cm³/mol. The number of nitrogens with two attached hydrogens (primary N) is 1. The zero-order chi connectivity index (χ0) is 13.8. The monoisotopic (exact) mass is 314 g/mol. The van der Waals surface area contributed by atoms with Crippen LogP contribution < -0.4 is 5.73 Å². The molecule has 2 unspecified atom stereocenters. The summed E-state index contributed by atoms with van der Waals surface area (Å²) in [6.07, 6.45) is 0.0787. The van der Waals surface area contributed by atoms with E-state index in [0.29, 0.717) is 6.54 Å². The first-order valence-corrected chi connectivity index (χ1v) is 6.92. The summed E-state index contributed by atoms with van der Waals surface area (Å²) in [6.45, 7) is 5.59. The van der Waals surface area contributed by atoms with E-state index in [1.165, 1.54) is 5.56 Å². The van der Waals surface area contributed by atoms with Gasteiger partial charge in [-0.2, -0.15) is 0 Å². The highest BCUT2D eigenvalue weighted by atomic mass is 79.9. The van der Waals surface area contributed by atoms with Crippen LogP contribution in [-0.4, -0.2) is 37.2 Å². The average molecular weight is 315 g/mol. The van der Waals surface area contributed by atoms with Crippen molar-refractivity contribution in [2.75, 3.05) is 20.7 Å². The van der Waals surface area contributed by atoms with Crippen LogP contribution in [0.2, 0.25) is 0 Å². The quantitative estimate of drug-likeness (QED) is 0.877. The number of benzene rings is 1. The second-order valence-electron chi connectivity index (χ2n) is 4.89. The molecule has 0 bridgehead atoms. The van der Waals surface area contributed by atoms with Crippen molar-refractivity contribution in [2.45, 2.75) is 32.0 Å². The number of hydrogen-bond donors (Lipinski definition) is 1. The molecule has 2 N–H and O–H groups in total. The molecule has 1 aromatic rings. The summed E-state index contributed by atoms with van der Waals surface area (Å²) in [5.74, 6) is 0. The third-order valence-electron chi connectivity index (χ3n) is 3.88. The molecule has 4 heteroatoms. The van der Waals surface area contributed by atoms with Crippen LogP contribution in [0.3, 0.4) is 0 Å². The summed E-state index contributed by atoms with van der Waals surface area (Å²) >= 11 is 3.58. The van der Waals surface area contributed by atoms with Crippen molar-refractivity contribution in [3.8, 4) is 0 Å². The summed E-state index contributed by atoms with van der Waals surface area (Å²) in [4.78, 5) is 2.25. The van der Waals surface area contributed by atoms with Crippen LogP contribution in [0.15, 0.2) is 28.7 Å². The maximum absolute atomic E-state index is 5.94. The van der Waals surface area contributed by atoms with Gasteiger partial charge >= 0.3 is 0 Å². The number of halogens is 1. The number of ether oxygens (including phenoxy) is 1. The molecule has 0 radical (unpaired) electrons. The Morgan fingerprint density at radius 1 is 1.44 bits per heavy atom. The van der Waals surface area contributed by atoms with E-state index in [0.717, 1.165) is 11.0 Å². The van der Waals surface area contributed by atoms with Crippen molar-refractivity contribution in [1.82, 2.24) is 4.90 Å². The van der Waals surface area contributed by atoms with E-state index in [-0.39, 0.29) is 11.6 Å². The SMILES string of the molecule is COC(C)C(C)(CN)N(C)Cc1ccccc1Br. The van der Waals surface area contributed by atoms with Crippen molar-refractivity contribution < 1.29 is 4.74 Å². The van der Waals surface area contributed by atoms with E-state index in [4.69, 9.17) is 10.5 Å². The summed E-state index contributed by atoms with van der Waals surface area (Å²) in [5.41, 5.74) is 7.02. The third kappa shape index (κ3) is 3.32. The van der Waals surface area contributed by atoms with Crippen LogP contribution in [0.1, 0.15) is 19.4 Å². The molecule has 2 atom stereocenters. The summed E-state index contributed by atoms with van der Waals surface area (Å²) in [5, 5.41) is 0. The predicted octanol–water partition coefficient (Wildman–Crippen LogP) is 2.63. The molecule has 0 heterocycles. The van der Waals surface area contributed by atoms with Crippen LogP contribution in [0.25, 0.3) is 0 Å². The number of likely N-dealkylation sites (N-methyl/N-ethyl adjacent to an activating group) is 1. The Morgan fingerprint density at radius 2 is 2.06 bits per heavy atom. The molecule has 0 aliphatic heterocycles. The fraction of sp³-hybridized carbons (Fsp3) is 0.571. The Kier molecular flexibility index (Phi) is 5.79. The molecule has 18 heavy (non-hydrogen) atoms. The molecule has 0 saturated carbocycles. The Bertz CT molecular complexity index is 386. The van der Waals surface area contributed by atoms with Gasteiger partial charge in [-0.1, -0.05) is 34.1 Å². The highest BCUT2D eigenvalue weighted by Gasteiger charge is 2.34. The molecule has 1 aromatic carbocycles. The Hall–Kier alpha value is -0.420. The van der Waals surface area contributed by atoms with Crippen LogP contribution in [0.4, 0.5) is 0 Å². The first-order chi connectivity index (χ1) is 8.45. The van der Waals surface area contributed by atoms with Gasteiger partial charge in [-0.05, 0) is 32.5 Å². The van der Waals surface area contributed by atoms with E-state index in [1.807, 2.05) is 12.1 Å². The van der Waals surface area contributed by atoms with Crippen molar-refractivity contribution in [1.29, 1.82) is 0 Å². The average Bonchev–Trinajstić information content (AvgIpc) is 2.39. The Labute approximate surface area is 118 Å². The number of hydrogen-bond acceptors (Lipinski definition) is 3. The first-order valence-electron chi connectivity index (χ1n) is 6.13. The fourth-order valence-corrected chi connectivity index (χ4v) is 2.36. The molecular weight excluding hydrogens is 292 g/mol. The lowest BCUT2D eigenvalue weighted by atomic mass is 9.93. The van der Waals surface area contributed by atoms with Gasteiger partial charge in [-0.15, -0.1) is 0 Å². The van der Waals surface area contributed by atoms with E-state index in [1.54, 1.807) is 7.11 Å². The van der Waals surface area contributed by atoms with Gasteiger partial charge in [-0.3, -0.25) is 4.90 Å². The molecule has 0 aliphatic rings. The highest BCUT2D eigenvalue weighted by molar-refractivity contribution is 9.10. The van der Waals surface area contributed by atoms with Gasteiger partial charge in [-0.25, -0.2) is 0 Å². The van der Waals surface area contributed by atoms with Crippen LogP contribution in [0.5, 0.6) is 0 Å². The molecule has 0 aliphatic carbocycles. The minimum absolute atomic E-state index is 0.0787. The molecule has 102 valence electrons. The van der Waals surface area contributed by atoms with E-state index < -0.39 is 0 Å². The minimum atomic E-state index is -0.177. The second-order valence-corrected chi connectivity index (χ2v) is 5.74. The maximum atomic E-state index is 5.94. The molecule has 3 nitrogen and oxygen atoms in total. The van der Waals surface area contributed by atoms with Crippen molar-refractivity contribution >= 4 is 15.9 Å². The van der Waals surface area contributed by atoms with Crippen molar-refractivity contribution in [2.24, 2.45) is 5.73 Å². The fourth-order valence-electron chi connectivity index (χ4n) is 1.95. The van der Waals surface area contributed by atoms with Crippen LogP contribution in [-0.2, 0) is 11.3 Å². The zero-order valence-electron chi connectivity index (χ0n) is 11.6. The topological polar surface area (TPSA) is 38.5 Å². The minimum Gasteiger partial charge on any atom is -0.380 e. The van der Waals surface area contributed by atoms with Gasteiger partial charge in [0.2, 0.25) is 0 Å². The van der Waals surface area contributed by atoms with Gasteiger partial charge in [0.25, 0.3) is 0 Å². The third-order valence-corrected chi connectivity index (χ3v) is 4.65. The van der Waals surface area contributed by atoms with E-state index in [2.05, 4.69) is 53.9 Å². The summed E-state index contributed by atoms with van der Waals surface area (Å²) in [6, 6.07) is 8.25. The molecule has 0 fully saturated rings. The summed E-state index contributed by atoms with van der Waals surface area (Å²) in [7, 11) is 3.81. The lowest BCUT2D eigenvalue weighted by Gasteiger charge is -2.42. The lowest BCUT2D eigenvalue weighted by molar-refractivity contribution is -0.0230. The highest BCUT2D eigenvalue weighted by Crippen LogP contribution is 2.24. The lowest BCUT2D eigenvalue weighted by Crippen LogP contribution is -2.57. The van der Waals surface area contributed by atoms with E-state index in [9.17, 15) is 0 Å². The standard InChI is InChI=1S/C14H23BrN2O/c1-11(18-4)14(2,10-16)17(3)9-12-7-5-6-8-13(12)15/h5-8,11H,9-10,16H2,1-4H3. The largest absolute Gasteiger partial charge is 0.380 e. The van der Waals surface area contributed by atoms with Crippen molar-refractivity contribution in [3.63, 3.8) is 0 Å². The van der Waals surface area contributed by atoms with Crippen LogP contribution >= 0.6 is 15.9 Å². The smallest absolute Gasteiger partial charge is 0.0736 e. The Balaban J connectivity index is 2.86. The Morgan fingerprint density at radius 3 is 2.56 bits per heavy atom. The summed E-state index contributed by atoms with van der Waals surface area (Å²) < 4.78 is 6.59. The molecule has 0 saturated heterocycles. The normalized spacial score (nSPS) is 16.6. The number of methoxy groups -OCH3 is 1. The van der Waals surface area contributed by atoms with Gasteiger partial charge in [0, 0.05) is 24.7 Å². The van der Waals surface area contributed by atoms with E-state index >= 15 is 0 Å². The molecule has 1 rings (SSSR count).